The summed E-state index contributed by atoms with van der Waals surface area (Å²) in [7, 11) is 0. The Morgan fingerprint density at radius 1 is 1.21 bits per heavy atom. The van der Waals surface area contributed by atoms with Gasteiger partial charge in [-0.1, -0.05) is 35.5 Å². The highest BCUT2D eigenvalue weighted by Gasteiger charge is 2.25. The van der Waals surface area contributed by atoms with E-state index >= 15 is 0 Å². The van der Waals surface area contributed by atoms with E-state index in [-0.39, 0.29) is 12.4 Å². The Hall–Kier alpha value is -3.20. The van der Waals surface area contributed by atoms with Crippen molar-refractivity contribution in [1.29, 1.82) is 0 Å². The topological polar surface area (TPSA) is 120 Å². The summed E-state index contributed by atoms with van der Waals surface area (Å²) in [6.45, 7) is -0.284. The van der Waals surface area contributed by atoms with E-state index in [1.54, 1.807) is 24.3 Å². The molecule has 9 heteroatoms. The molecule has 1 aromatic carbocycles. The number of hydrogen-bond donors (Lipinski definition) is 2. The first kappa shape index (κ1) is 18.2. The van der Waals surface area contributed by atoms with Gasteiger partial charge >= 0.3 is 5.76 Å². The first-order valence-corrected chi connectivity index (χ1v) is 9.72. The first-order valence-electron chi connectivity index (χ1n) is 8.90. The molecule has 1 aliphatic carbocycles. The van der Waals surface area contributed by atoms with Gasteiger partial charge < -0.3 is 11.1 Å². The van der Waals surface area contributed by atoms with Gasteiger partial charge in [-0.2, -0.15) is 0 Å². The lowest BCUT2D eigenvalue weighted by Gasteiger charge is -2.11. The fraction of sp³-hybridized carbons (Fsp3) is 0.263. The van der Waals surface area contributed by atoms with Gasteiger partial charge in [-0.15, -0.1) is 11.3 Å². The van der Waals surface area contributed by atoms with Crippen LogP contribution in [0.5, 0.6) is 0 Å². The Labute approximate surface area is 164 Å². The van der Waals surface area contributed by atoms with Crippen LogP contribution in [0.4, 0.5) is 5.00 Å². The predicted molar refractivity (Wildman–Crippen MR) is 104 cm³/mol. The highest BCUT2D eigenvalue weighted by molar-refractivity contribution is 7.17. The number of carbonyl (C=O) groups excluding carboxylic acids is 2. The number of anilines is 1. The Morgan fingerprint density at radius 3 is 2.71 bits per heavy atom. The lowest BCUT2D eigenvalue weighted by atomic mass is 9.95. The van der Waals surface area contributed by atoms with Crippen LogP contribution in [-0.4, -0.2) is 21.5 Å². The number of carbonyl (C=O) groups is 2. The van der Waals surface area contributed by atoms with E-state index in [2.05, 4.69) is 10.5 Å². The van der Waals surface area contributed by atoms with Crippen molar-refractivity contribution < 1.29 is 14.1 Å². The van der Waals surface area contributed by atoms with E-state index < -0.39 is 17.6 Å². The van der Waals surface area contributed by atoms with Gasteiger partial charge in [0.05, 0.1) is 5.56 Å². The van der Waals surface area contributed by atoms with Gasteiger partial charge in [0, 0.05) is 10.4 Å². The summed E-state index contributed by atoms with van der Waals surface area (Å²) >= 11 is 1.38. The van der Waals surface area contributed by atoms with Crippen molar-refractivity contribution in [3.8, 4) is 11.4 Å². The zero-order valence-corrected chi connectivity index (χ0v) is 15.8. The second kappa shape index (κ2) is 7.43. The second-order valence-corrected chi connectivity index (χ2v) is 7.66. The number of aromatic nitrogens is 2. The largest absolute Gasteiger partial charge is 0.442 e. The number of rotatable bonds is 5. The summed E-state index contributed by atoms with van der Waals surface area (Å²) in [6, 6.07) is 8.97. The highest BCUT2D eigenvalue weighted by Crippen LogP contribution is 2.37. The summed E-state index contributed by atoms with van der Waals surface area (Å²) in [5.74, 6) is -1.47. The molecule has 8 nitrogen and oxygen atoms in total. The van der Waals surface area contributed by atoms with Crippen LogP contribution >= 0.6 is 11.3 Å². The number of aryl methyl sites for hydroxylation is 1. The molecular formula is C19H18N4O4S. The van der Waals surface area contributed by atoms with Crippen molar-refractivity contribution >= 4 is 28.2 Å². The molecule has 0 fully saturated rings. The smallest absolute Gasteiger partial charge is 0.365 e. The number of amides is 2. The first-order chi connectivity index (χ1) is 13.5. The number of nitrogens with one attached hydrogen (secondary N) is 1. The van der Waals surface area contributed by atoms with E-state index in [9.17, 15) is 14.4 Å². The number of benzene rings is 1. The van der Waals surface area contributed by atoms with Crippen molar-refractivity contribution in [2.75, 3.05) is 5.32 Å². The fourth-order valence-electron chi connectivity index (χ4n) is 3.43. The number of primary amides is 1. The third-order valence-corrected chi connectivity index (χ3v) is 5.90. The minimum absolute atomic E-state index is 0.265. The molecule has 0 aliphatic heterocycles. The molecule has 0 radical (unpaired) electrons. The van der Waals surface area contributed by atoms with Gasteiger partial charge in [-0.05, 0) is 31.2 Å². The van der Waals surface area contributed by atoms with E-state index in [1.807, 2.05) is 6.07 Å². The molecule has 3 aromatic rings. The van der Waals surface area contributed by atoms with Crippen molar-refractivity contribution in [2.45, 2.75) is 32.2 Å². The zero-order valence-electron chi connectivity index (χ0n) is 14.9. The maximum Gasteiger partial charge on any atom is 0.442 e. The average Bonchev–Trinajstić information content (AvgIpc) is 3.22. The predicted octanol–water partition coefficient (Wildman–Crippen LogP) is 2.18. The van der Waals surface area contributed by atoms with Crippen molar-refractivity contribution in [3.63, 3.8) is 0 Å². The maximum absolute atomic E-state index is 12.6. The summed E-state index contributed by atoms with van der Waals surface area (Å²) in [4.78, 5) is 37.7. The highest BCUT2D eigenvalue weighted by atomic mass is 32.1. The van der Waals surface area contributed by atoms with Gasteiger partial charge in [0.25, 0.3) is 5.91 Å². The van der Waals surface area contributed by atoms with Gasteiger partial charge in [0.15, 0.2) is 5.82 Å². The molecule has 0 saturated carbocycles. The van der Waals surface area contributed by atoms with E-state index in [0.717, 1.165) is 40.7 Å². The molecule has 144 valence electrons. The van der Waals surface area contributed by atoms with Gasteiger partial charge in [0.2, 0.25) is 5.91 Å². The quantitative estimate of drug-likeness (QED) is 0.682. The lowest BCUT2D eigenvalue weighted by Crippen LogP contribution is -2.26. The van der Waals surface area contributed by atoms with Crippen LogP contribution < -0.4 is 16.8 Å². The average molecular weight is 398 g/mol. The number of nitrogens with zero attached hydrogens (tertiary/aromatic N) is 2. The molecule has 0 saturated heterocycles. The molecule has 3 N–H and O–H groups in total. The van der Waals surface area contributed by atoms with E-state index in [4.69, 9.17) is 10.3 Å². The molecule has 2 heterocycles. The van der Waals surface area contributed by atoms with Crippen LogP contribution in [0.3, 0.4) is 0 Å². The van der Waals surface area contributed by atoms with Crippen molar-refractivity contribution in [1.82, 2.24) is 9.72 Å². The monoisotopic (exact) mass is 398 g/mol. The second-order valence-electron chi connectivity index (χ2n) is 6.55. The van der Waals surface area contributed by atoms with Crippen LogP contribution in [0, 0.1) is 0 Å². The third kappa shape index (κ3) is 3.36. The molecule has 0 atom stereocenters. The van der Waals surface area contributed by atoms with Gasteiger partial charge in [-0.3, -0.25) is 14.1 Å². The third-order valence-electron chi connectivity index (χ3n) is 4.69. The Balaban J connectivity index is 1.60. The molecular weight excluding hydrogens is 380 g/mol. The molecule has 0 spiro atoms. The van der Waals surface area contributed by atoms with Crippen LogP contribution in [0.25, 0.3) is 11.4 Å². The molecule has 28 heavy (non-hydrogen) atoms. The minimum Gasteiger partial charge on any atom is -0.365 e. The summed E-state index contributed by atoms with van der Waals surface area (Å²) in [6.07, 6.45) is 3.70. The Kier molecular flexibility index (Phi) is 4.82. The molecule has 2 aromatic heterocycles. The standard InChI is InChI=1S/C19H18N4O4S/c20-16(25)15-12-8-4-5-9-13(12)28-18(15)21-14(24)10-23-17(22-27-19(23)26)11-6-2-1-3-7-11/h1-3,6-7H,4-5,8-10H2,(H2,20,25)(H,21,24). The Morgan fingerprint density at radius 2 is 1.96 bits per heavy atom. The van der Waals surface area contributed by atoms with E-state index in [1.165, 1.54) is 11.3 Å². The normalized spacial score (nSPS) is 13.1. The number of hydrogen-bond acceptors (Lipinski definition) is 6. The number of thiophene rings is 1. The molecule has 1 aliphatic rings. The summed E-state index contributed by atoms with van der Waals surface area (Å²) in [5, 5.41) is 6.95. The summed E-state index contributed by atoms with van der Waals surface area (Å²) in [5.41, 5.74) is 7.53. The van der Waals surface area contributed by atoms with E-state index in [0.29, 0.717) is 16.1 Å². The number of fused-ring (bicyclic) bond motifs is 1. The molecule has 4 rings (SSSR count). The summed E-state index contributed by atoms with van der Waals surface area (Å²) < 4.78 is 5.89. The lowest BCUT2D eigenvalue weighted by molar-refractivity contribution is -0.116. The van der Waals surface area contributed by atoms with Crippen LogP contribution in [0.2, 0.25) is 0 Å². The van der Waals surface area contributed by atoms with Crippen molar-refractivity contribution in [3.05, 3.63) is 56.9 Å². The van der Waals surface area contributed by atoms with Gasteiger partial charge in [-0.25, -0.2) is 9.36 Å². The van der Waals surface area contributed by atoms with Gasteiger partial charge in [0.1, 0.15) is 11.5 Å². The maximum atomic E-state index is 12.6. The zero-order chi connectivity index (χ0) is 19.7. The van der Waals surface area contributed by atoms with Crippen molar-refractivity contribution in [2.24, 2.45) is 5.73 Å². The molecule has 0 bridgehead atoms. The minimum atomic E-state index is -0.727. The Bertz CT molecular complexity index is 1100. The van der Waals surface area contributed by atoms with Crippen LogP contribution in [0.15, 0.2) is 39.6 Å². The van der Waals surface area contributed by atoms with Crippen LogP contribution in [0.1, 0.15) is 33.6 Å². The van der Waals surface area contributed by atoms with Crippen LogP contribution in [-0.2, 0) is 24.2 Å². The molecule has 0 unspecified atom stereocenters. The fourth-order valence-corrected chi connectivity index (χ4v) is 4.74. The molecule has 2 amide bonds. The SMILES string of the molecule is NC(=O)c1c(NC(=O)Cn2c(-c3ccccc3)noc2=O)sc2c1CCCC2. The number of nitrogens with two attached hydrogens (primary N) is 1.